The van der Waals surface area contributed by atoms with Gasteiger partial charge in [-0.1, -0.05) is 6.07 Å². The van der Waals surface area contributed by atoms with E-state index in [1.165, 1.54) is 18.5 Å². The molecular formula is C23H24BrFN5O9P. The number of rotatable bonds is 7. The Hall–Kier alpha value is -2.88. The molecule has 14 nitrogen and oxygen atoms in total. The molecule has 3 aromatic rings. The van der Waals surface area contributed by atoms with Crippen LogP contribution in [0, 0.1) is 5.82 Å². The molecule has 214 valence electrons. The normalized spacial score (nSPS) is 31.6. The highest BCUT2D eigenvalue weighted by Crippen LogP contribution is 2.58. The van der Waals surface area contributed by atoms with Crippen molar-refractivity contribution in [1.82, 2.24) is 19.5 Å². The predicted molar refractivity (Wildman–Crippen MR) is 137 cm³/mol. The summed E-state index contributed by atoms with van der Waals surface area (Å²) in [7, 11) is -4.07. The van der Waals surface area contributed by atoms with E-state index in [9.17, 15) is 13.8 Å². The minimum absolute atomic E-state index is 0.0250. The van der Waals surface area contributed by atoms with Crippen LogP contribution in [-0.2, 0) is 32.3 Å². The van der Waals surface area contributed by atoms with Crippen LogP contribution in [0.1, 0.15) is 38.2 Å². The number of anilines is 1. The van der Waals surface area contributed by atoms with Crippen LogP contribution >= 0.6 is 23.8 Å². The molecule has 6 rings (SSSR count). The number of benzene rings is 1. The lowest BCUT2D eigenvalue weighted by atomic mass is 9.96. The van der Waals surface area contributed by atoms with E-state index in [0.717, 1.165) is 0 Å². The Morgan fingerprint density at radius 2 is 2.17 bits per heavy atom. The van der Waals surface area contributed by atoms with Crippen molar-refractivity contribution < 1.29 is 46.3 Å². The fourth-order valence-corrected chi connectivity index (χ4v) is 6.78. The van der Waals surface area contributed by atoms with Gasteiger partial charge in [0.25, 0.3) is 0 Å². The number of fused-ring (bicyclic) bond motifs is 2. The molecule has 0 bridgehead atoms. The Labute approximate surface area is 234 Å². The fraction of sp³-hybridized carbons (Fsp3) is 0.478. The van der Waals surface area contributed by atoms with Crippen LogP contribution in [0.4, 0.5) is 15.1 Å². The maximum Gasteiger partial charge on any atom is 0.509 e. The summed E-state index contributed by atoms with van der Waals surface area (Å²) >= 11 is 3.15. The molecule has 3 fully saturated rings. The van der Waals surface area contributed by atoms with Crippen LogP contribution < -0.4 is 10.5 Å². The summed E-state index contributed by atoms with van der Waals surface area (Å²) in [5.41, 5.74) is 5.67. The van der Waals surface area contributed by atoms with Gasteiger partial charge in [-0.15, -0.1) is 0 Å². The van der Waals surface area contributed by atoms with E-state index in [1.54, 1.807) is 24.5 Å². The minimum Gasteiger partial charge on any atom is -0.476 e. The summed E-state index contributed by atoms with van der Waals surface area (Å²) in [6, 6.07) is 4.36. The molecule has 2 N–H and O–H groups in total. The zero-order chi connectivity index (χ0) is 28.2. The quantitative estimate of drug-likeness (QED) is 0.287. The first-order valence-electron chi connectivity index (χ1n) is 12.3. The van der Waals surface area contributed by atoms with E-state index in [2.05, 4.69) is 30.9 Å². The number of carbonyl (C=O) groups excluding carboxylic acids is 1. The molecule has 40 heavy (non-hydrogen) atoms. The molecule has 0 saturated carbocycles. The zero-order valence-electron chi connectivity index (χ0n) is 21.2. The van der Waals surface area contributed by atoms with Crippen molar-refractivity contribution in [3.05, 3.63) is 40.4 Å². The number of nitrogen functional groups attached to an aromatic ring is 1. The predicted octanol–water partition coefficient (Wildman–Crippen LogP) is 4.20. The van der Waals surface area contributed by atoms with Gasteiger partial charge in [0.05, 0.1) is 30.4 Å². The highest BCUT2D eigenvalue weighted by atomic mass is 79.9. The maximum absolute atomic E-state index is 13.7. The van der Waals surface area contributed by atoms with Gasteiger partial charge >= 0.3 is 14.0 Å². The monoisotopic (exact) mass is 643 g/mol. The van der Waals surface area contributed by atoms with E-state index in [0.29, 0.717) is 24.1 Å². The topological polar surface area (TPSA) is 168 Å². The summed E-state index contributed by atoms with van der Waals surface area (Å²) < 4.78 is 68.5. The number of phosphoric acid groups is 1. The van der Waals surface area contributed by atoms with Crippen LogP contribution in [0.25, 0.3) is 11.2 Å². The zero-order valence-corrected chi connectivity index (χ0v) is 23.7. The second-order valence-electron chi connectivity index (χ2n) is 9.38. The number of hydrogen-bond donors (Lipinski definition) is 1. The third kappa shape index (κ3) is 4.72. The number of phosphoric ester groups is 1. The van der Waals surface area contributed by atoms with Crippen molar-refractivity contribution in [2.45, 2.75) is 50.4 Å². The van der Waals surface area contributed by atoms with Crippen molar-refractivity contribution in [3.63, 3.8) is 0 Å². The first-order valence-corrected chi connectivity index (χ1v) is 14.6. The van der Waals surface area contributed by atoms with Crippen molar-refractivity contribution in [1.29, 1.82) is 0 Å². The number of carbonyl (C=O) groups is 1. The number of nitrogens with two attached hydrogens (primary N) is 1. The number of hydrogen-bond acceptors (Lipinski definition) is 13. The van der Waals surface area contributed by atoms with Gasteiger partial charge in [0.1, 0.15) is 18.2 Å². The van der Waals surface area contributed by atoms with Crippen LogP contribution in [0.2, 0.25) is 0 Å². The lowest BCUT2D eigenvalue weighted by molar-refractivity contribution is -0.0924. The van der Waals surface area contributed by atoms with E-state index in [1.807, 2.05) is 0 Å². The lowest BCUT2D eigenvalue weighted by Gasteiger charge is -2.30. The Morgan fingerprint density at radius 3 is 2.95 bits per heavy atom. The van der Waals surface area contributed by atoms with E-state index in [-0.39, 0.29) is 35.2 Å². The largest absolute Gasteiger partial charge is 0.509 e. The van der Waals surface area contributed by atoms with Crippen LogP contribution in [0.3, 0.4) is 0 Å². The second-order valence-corrected chi connectivity index (χ2v) is 11.9. The molecule has 0 radical (unpaired) electrons. The number of imidazole rings is 1. The van der Waals surface area contributed by atoms with Crippen LogP contribution in [-0.4, -0.2) is 63.3 Å². The van der Waals surface area contributed by atoms with Gasteiger partial charge in [-0.3, -0.25) is 18.1 Å². The second kappa shape index (κ2) is 10.2. The summed E-state index contributed by atoms with van der Waals surface area (Å²) in [6.07, 6.45) is -2.62. The summed E-state index contributed by atoms with van der Waals surface area (Å²) in [4.78, 5) is 24.8. The molecule has 0 amide bonds. The van der Waals surface area contributed by atoms with E-state index >= 15 is 0 Å². The van der Waals surface area contributed by atoms with E-state index < -0.39 is 49.9 Å². The lowest BCUT2D eigenvalue weighted by Crippen LogP contribution is -2.42. The molecule has 0 spiro atoms. The molecule has 0 aliphatic carbocycles. The molecule has 17 heteroatoms. The third-order valence-electron chi connectivity index (χ3n) is 6.77. The van der Waals surface area contributed by atoms with Gasteiger partial charge in [-0.05, 0) is 47.5 Å². The number of halogens is 2. The Kier molecular flexibility index (Phi) is 6.95. The standard InChI is InChI=1S/C23H24BrFN5O9P/c1-3-33-19-16-18(28-21(26)29-19)27-10-30(16)20-23(2)17(37-22(31)38-23)15(36-20)9-35-40(32)34-7-6-14(39-40)11-4-5-13(25)12(24)8-11/h4-5,8,10,14-15,17,20H,3,6-7,9H2,1-2H3,(H2,26,28,29)/t14-,15-,17-,20-,23-,40+/m1/s1. The molecule has 6 atom stereocenters. The van der Waals surface area contributed by atoms with Crippen LogP contribution in [0.5, 0.6) is 5.88 Å². The summed E-state index contributed by atoms with van der Waals surface area (Å²) in [5, 5.41) is 0. The average Bonchev–Trinajstić information content (AvgIpc) is 3.53. The number of aromatic nitrogens is 4. The minimum atomic E-state index is -4.07. The fourth-order valence-electron chi connectivity index (χ4n) is 4.99. The molecule has 0 unspecified atom stereocenters. The molecule has 3 saturated heterocycles. The van der Waals surface area contributed by atoms with E-state index in [4.69, 9.17) is 38.3 Å². The maximum atomic E-state index is 13.7. The Morgan fingerprint density at radius 1 is 1.35 bits per heavy atom. The molecule has 1 aromatic carbocycles. The molecule has 3 aliphatic heterocycles. The Bertz CT molecular complexity index is 1530. The molecule has 2 aromatic heterocycles. The van der Waals surface area contributed by atoms with Gasteiger partial charge in [0.2, 0.25) is 11.8 Å². The summed E-state index contributed by atoms with van der Waals surface area (Å²) in [5.74, 6) is -0.292. The first-order chi connectivity index (χ1) is 19.1. The highest BCUT2D eigenvalue weighted by molar-refractivity contribution is 9.10. The van der Waals surface area contributed by atoms with Crippen molar-refractivity contribution in [3.8, 4) is 5.88 Å². The summed E-state index contributed by atoms with van der Waals surface area (Å²) in [6.45, 7) is 3.45. The number of ether oxygens (including phenoxy) is 4. The van der Waals surface area contributed by atoms with Crippen molar-refractivity contribution >= 4 is 47.0 Å². The van der Waals surface area contributed by atoms with Gasteiger partial charge in [0, 0.05) is 6.42 Å². The molecule has 5 heterocycles. The van der Waals surface area contributed by atoms with Gasteiger partial charge in [-0.2, -0.15) is 9.97 Å². The SMILES string of the molecule is CCOc1nc(N)nc2ncn([C@@H]3O[C@H](CO[P@]4(=O)OCC[C@H](c5ccc(F)c(Br)c5)O4)[C@H]4OC(=O)O[C@]43C)c12. The molecular weight excluding hydrogens is 620 g/mol. The van der Waals surface area contributed by atoms with Crippen molar-refractivity contribution in [2.75, 3.05) is 25.6 Å². The highest BCUT2D eigenvalue weighted by Gasteiger charge is 2.64. The number of nitrogens with zero attached hydrogens (tertiary/aromatic N) is 4. The first kappa shape index (κ1) is 27.3. The smallest absolute Gasteiger partial charge is 0.476 e. The van der Waals surface area contributed by atoms with Gasteiger partial charge in [-0.25, -0.2) is 18.7 Å². The van der Waals surface area contributed by atoms with Crippen molar-refractivity contribution in [2.24, 2.45) is 0 Å². The Balaban J connectivity index is 1.24. The van der Waals surface area contributed by atoms with Gasteiger partial charge in [0.15, 0.2) is 29.1 Å². The molecule has 3 aliphatic rings. The third-order valence-corrected chi connectivity index (χ3v) is 8.85. The average molecular weight is 644 g/mol. The van der Waals surface area contributed by atoms with Crippen LogP contribution in [0.15, 0.2) is 29.0 Å². The van der Waals surface area contributed by atoms with Gasteiger partial charge < -0.3 is 24.7 Å².